The molecule has 0 amide bonds. The second-order valence-electron chi connectivity index (χ2n) is 2.92. The fourth-order valence-corrected chi connectivity index (χ4v) is 1.43. The van der Waals surface area contributed by atoms with E-state index in [2.05, 4.69) is 17.9 Å². The number of thiol groups is 1. The molecule has 0 radical (unpaired) electrons. The van der Waals surface area contributed by atoms with E-state index in [1.807, 2.05) is 25.1 Å². The van der Waals surface area contributed by atoms with Gasteiger partial charge in [0.25, 0.3) is 0 Å². The standard InChI is InChI=1S/C10H14ClNS/c1-8-9(11)4-2-5-10(8)12-6-3-7-13/h2,4-5,12-13H,3,6-7H2,1H3. The molecule has 0 fully saturated rings. The third-order valence-corrected chi connectivity index (χ3v) is 2.64. The molecule has 1 aromatic rings. The fourth-order valence-electron chi connectivity index (χ4n) is 1.10. The molecule has 0 aromatic heterocycles. The number of benzene rings is 1. The highest BCUT2D eigenvalue weighted by atomic mass is 35.5. The predicted molar refractivity (Wildman–Crippen MR) is 63.1 cm³/mol. The maximum absolute atomic E-state index is 5.97. The zero-order valence-electron chi connectivity index (χ0n) is 7.68. The molecule has 1 N–H and O–H groups in total. The molecule has 1 aromatic carbocycles. The SMILES string of the molecule is Cc1c(Cl)cccc1NCCCS. The van der Waals surface area contributed by atoms with Gasteiger partial charge in [-0.1, -0.05) is 17.7 Å². The van der Waals surface area contributed by atoms with Crippen molar-refractivity contribution in [2.75, 3.05) is 17.6 Å². The third-order valence-electron chi connectivity index (χ3n) is 1.92. The minimum Gasteiger partial charge on any atom is -0.385 e. The van der Waals surface area contributed by atoms with E-state index in [4.69, 9.17) is 11.6 Å². The number of halogens is 1. The molecule has 13 heavy (non-hydrogen) atoms. The predicted octanol–water partition coefficient (Wildman–Crippen LogP) is 3.38. The molecule has 0 aliphatic heterocycles. The van der Waals surface area contributed by atoms with Crippen LogP contribution in [-0.2, 0) is 0 Å². The van der Waals surface area contributed by atoms with E-state index in [0.29, 0.717) is 0 Å². The van der Waals surface area contributed by atoms with Crippen LogP contribution < -0.4 is 5.32 Å². The van der Waals surface area contributed by atoms with Crippen LogP contribution in [0, 0.1) is 6.92 Å². The van der Waals surface area contributed by atoms with Crippen LogP contribution in [0.5, 0.6) is 0 Å². The van der Waals surface area contributed by atoms with Gasteiger partial charge in [0.05, 0.1) is 0 Å². The number of hydrogen-bond donors (Lipinski definition) is 2. The number of hydrogen-bond acceptors (Lipinski definition) is 2. The summed E-state index contributed by atoms with van der Waals surface area (Å²) in [6.07, 6.45) is 1.06. The van der Waals surface area contributed by atoms with Crippen molar-refractivity contribution in [1.82, 2.24) is 0 Å². The Labute approximate surface area is 89.9 Å². The maximum Gasteiger partial charge on any atom is 0.0455 e. The second kappa shape index (κ2) is 5.40. The summed E-state index contributed by atoms with van der Waals surface area (Å²) in [5.74, 6) is 0.909. The summed E-state index contributed by atoms with van der Waals surface area (Å²) in [5.41, 5.74) is 2.23. The average Bonchev–Trinajstić information content (AvgIpc) is 2.13. The number of nitrogens with one attached hydrogen (secondary N) is 1. The Morgan fingerprint density at radius 3 is 2.92 bits per heavy atom. The van der Waals surface area contributed by atoms with Gasteiger partial charge in [0.1, 0.15) is 0 Å². The van der Waals surface area contributed by atoms with Gasteiger partial charge < -0.3 is 5.32 Å². The Hall–Kier alpha value is -0.340. The summed E-state index contributed by atoms with van der Waals surface area (Å²) in [5, 5.41) is 4.14. The molecule has 0 atom stereocenters. The van der Waals surface area contributed by atoms with Gasteiger partial charge in [-0.05, 0) is 36.8 Å². The average molecular weight is 216 g/mol. The first-order valence-electron chi connectivity index (χ1n) is 4.35. The van der Waals surface area contributed by atoms with Crippen molar-refractivity contribution in [3.05, 3.63) is 28.8 Å². The van der Waals surface area contributed by atoms with E-state index in [0.717, 1.165) is 35.0 Å². The van der Waals surface area contributed by atoms with Crippen LogP contribution in [0.15, 0.2) is 18.2 Å². The van der Waals surface area contributed by atoms with Gasteiger partial charge in [0.15, 0.2) is 0 Å². The molecule has 0 aliphatic carbocycles. The lowest BCUT2D eigenvalue weighted by Crippen LogP contribution is -2.03. The Morgan fingerprint density at radius 1 is 1.46 bits per heavy atom. The van der Waals surface area contributed by atoms with Crippen LogP contribution in [0.1, 0.15) is 12.0 Å². The Bertz CT molecular complexity index is 276. The van der Waals surface area contributed by atoms with E-state index < -0.39 is 0 Å². The van der Waals surface area contributed by atoms with E-state index in [1.54, 1.807) is 0 Å². The molecule has 0 heterocycles. The molecule has 1 rings (SSSR count). The van der Waals surface area contributed by atoms with E-state index in [1.165, 1.54) is 0 Å². The first-order chi connectivity index (χ1) is 6.25. The molecular formula is C10H14ClNS. The summed E-state index contributed by atoms with van der Waals surface area (Å²) in [4.78, 5) is 0. The van der Waals surface area contributed by atoms with Gasteiger partial charge >= 0.3 is 0 Å². The van der Waals surface area contributed by atoms with Crippen LogP contribution in [0.4, 0.5) is 5.69 Å². The van der Waals surface area contributed by atoms with Crippen molar-refractivity contribution in [3.8, 4) is 0 Å². The molecule has 0 bridgehead atoms. The first kappa shape index (κ1) is 10.7. The lowest BCUT2D eigenvalue weighted by molar-refractivity contribution is 0.993. The van der Waals surface area contributed by atoms with Crippen molar-refractivity contribution < 1.29 is 0 Å². The van der Waals surface area contributed by atoms with Crippen LogP contribution in [0.25, 0.3) is 0 Å². The normalized spacial score (nSPS) is 10.1. The van der Waals surface area contributed by atoms with Crippen molar-refractivity contribution in [3.63, 3.8) is 0 Å². The lowest BCUT2D eigenvalue weighted by atomic mass is 10.2. The van der Waals surface area contributed by atoms with Gasteiger partial charge in [-0.25, -0.2) is 0 Å². The molecule has 0 aliphatic rings. The van der Waals surface area contributed by atoms with E-state index >= 15 is 0 Å². The van der Waals surface area contributed by atoms with Gasteiger partial charge in [0.2, 0.25) is 0 Å². The zero-order chi connectivity index (χ0) is 9.68. The van der Waals surface area contributed by atoms with Gasteiger partial charge in [-0.2, -0.15) is 12.6 Å². The summed E-state index contributed by atoms with van der Waals surface area (Å²) >= 11 is 10.1. The number of rotatable bonds is 4. The highest BCUT2D eigenvalue weighted by molar-refractivity contribution is 7.80. The van der Waals surface area contributed by atoms with Crippen molar-refractivity contribution in [1.29, 1.82) is 0 Å². The summed E-state index contributed by atoms with van der Waals surface area (Å²) < 4.78 is 0. The highest BCUT2D eigenvalue weighted by Gasteiger charge is 1.99. The number of anilines is 1. The summed E-state index contributed by atoms with van der Waals surface area (Å²) in [7, 11) is 0. The molecular weight excluding hydrogens is 202 g/mol. The van der Waals surface area contributed by atoms with Crippen molar-refractivity contribution in [2.24, 2.45) is 0 Å². The second-order valence-corrected chi connectivity index (χ2v) is 3.77. The molecule has 1 nitrogen and oxygen atoms in total. The summed E-state index contributed by atoms with van der Waals surface area (Å²) in [6.45, 7) is 2.97. The molecule has 0 saturated carbocycles. The van der Waals surface area contributed by atoms with Gasteiger partial charge in [0, 0.05) is 17.3 Å². The van der Waals surface area contributed by atoms with E-state index in [-0.39, 0.29) is 0 Å². The Balaban J connectivity index is 2.61. The smallest absolute Gasteiger partial charge is 0.0455 e. The van der Waals surface area contributed by atoms with Crippen molar-refractivity contribution >= 4 is 29.9 Å². The Kier molecular flexibility index (Phi) is 4.46. The highest BCUT2D eigenvalue weighted by Crippen LogP contribution is 2.22. The molecule has 72 valence electrons. The van der Waals surface area contributed by atoms with Crippen LogP contribution in [-0.4, -0.2) is 12.3 Å². The zero-order valence-corrected chi connectivity index (χ0v) is 9.33. The topological polar surface area (TPSA) is 12.0 Å². The lowest BCUT2D eigenvalue weighted by Gasteiger charge is -2.09. The fraction of sp³-hybridized carbons (Fsp3) is 0.400. The minimum absolute atomic E-state index is 0.816. The summed E-state index contributed by atoms with van der Waals surface area (Å²) in [6, 6.07) is 5.90. The molecule has 0 unspecified atom stereocenters. The minimum atomic E-state index is 0.816. The van der Waals surface area contributed by atoms with Crippen molar-refractivity contribution in [2.45, 2.75) is 13.3 Å². The Morgan fingerprint density at radius 2 is 2.23 bits per heavy atom. The molecule has 0 spiro atoms. The largest absolute Gasteiger partial charge is 0.385 e. The van der Waals surface area contributed by atoms with Gasteiger partial charge in [-0.15, -0.1) is 0 Å². The van der Waals surface area contributed by atoms with Gasteiger partial charge in [-0.3, -0.25) is 0 Å². The monoisotopic (exact) mass is 215 g/mol. The first-order valence-corrected chi connectivity index (χ1v) is 5.36. The molecule has 0 saturated heterocycles. The maximum atomic E-state index is 5.97. The van der Waals surface area contributed by atoms with Crippen LogP contribution in [0.3, 0.4) is 0 Å². The quantitative estimate of drug-likeness (QED) is 0.580. The third kappa shape index (κ3) is 3.12. The van der Waals surface area contributed by atoms with E-state index in [9.17, 15) is 0 Å². The van der Waals surface area contributed by atoms with Crippen LogP contribution >= 0.6 is 24.2 Å². The van der Waals surface area contributed by atoms with Crippen LogP contribution in [0.2, 0.25) is 5.02 Å². The molecule has 3 heteroatoms.